The average molecular weight is 378 g/mol. The first-order chi connectivity index (χ1) is 12.5. The van der Waals surface area contributed by atoms with Crippen molar-refractivity contribution in [3.63, 3.8) is 0 Å². The van der Waals surface area contributed by atoms with E-state index >= 15 is 0 Å². The molecule has 4 rings (SSSR count). The van der Waals surface area contributed by atoms with Crippen molar-refractivity contribution in [1.82, 2.24) is 14.5 Å². The van der Waals surface area contributed by atoms with Crippen molar-refractivity contribution in [2.24, 2.45) is 0 Å². The zero-order valence-electron chi connectivity index (χ0n) is 15.1. The topological polar surface area (TPSA) is 69.7 Å². The highest BCUT2D eigenvalue weighted by atomic mass is 32.2. The van der Waals surface area contributed by atoms with E-state index in [-0.39, 0.29) is 16.8 Å². The van der Waals surface area contributed by atoms with Gasteiger partial charge < -0.3 is 5.32 Å². The number of amides is 1. The van der Waals surface area contributed by atoms with Gasteiger partial charge in [-0.3, -0.25) is 9.69 Å². The van der Waals surface area contributed by atoms with Crippen LogP contribution in [0.1, 0.15) is 48.9 Å². The smallest absolute Gasteiger partial charge is 0.251 e. The van der Waals surface area contributed by atoms with Gasteiger partial charge in [-0.05, 0) is 69.8 Å². The van der Waals surface area contributed by atoms with Gasteiger partial charge >= 0.3 is 0 Å². The monoisotopic (exact) mass is 377 g/mol. The molecule has 2 aliphatic heterocycles. The molecule has 26 heavy (non-hydrogen) atoms. The molecule has 7 heteroatoms. The fraction of sp³-hybridized carbons (Fsp3) is 0.632. The van der Waals surface area contributed by atoms with Crippen molar-refractivity contribution in [1.29, 1.82) is 0 Å². The number of nitrogens with one attached hydrogen (secondary N) is 1. The predicted octanol–water partition coefficient (Wildman–Crippen LogP) is 1.83. The average Bonchev–Trinajstić information content (AvgIpc) is 3.29. The maximum Gasteiger partial charge on any atom is 0.251 e. The number of sulfonamides is 1. The first-order valence-electron chi connectivity index (χ1n) is 9.69. The molecule has 1 saturated carbocycles. The van der Waals surface area contributed by atoms with Crippen LogP contribution in [0.15, 0.2) is 29.2 Å². The summed E-state index contributed by atoms with van der Waals surface area (Å²) in [6, 6.07) is 7.03. The normalized spacial score (nSPS) is 25.3. The third kappa shape index (κ3) is 3.52. The molecule has 3 aliphatic rings. The van der Waals surface area contributed by atoms with E-state index in [9.17, 15) is 13.2 Å². The number of carbonyl (C=O) groups excluding carboxylic acids is 1. The molecule has 1 N–H and O–H groups in total. The highest BCUT2D eigenvalue weighted by Crippen LogP contribution is 2.26. The van der Waals surface area contributed by atoms with E-state index in [4.69, 9.17) is 0 Å². The van der Waals surface area contributed by atoms with E-state index in [0.717, 1.165) is 38.8 Å². The van der Waals surface area contributed by atoms with Crippen molar-refractivity contribution in [2.75, 3.05) is 26.2 Å². The third-order valence-corrected chi connectivity index (χ3v) is 7.82. The van der Waals surface area contributed by atoms with Crippen LogP contribution in [0.5, 0.6) is 0 Å². The zero-order valence-corrected chi connectivity index (χ0v) is 15.9. The summed E-state index contributed by atoms with van der Waals surface area (Å²) < 4.78 is 27.7. The second kappa shape index (κ2) is 7.29. The number of likely N-dealkylation sites (tertiary alicyclic amines) is 1. The maximum absolute atomic E-state index is 13.0. The molecule has 1 aliphatic carbocycles. The fourth-order valence-electron chi connectivity index (χ4n) is 4.10. The summed E-state index contributed by atoms with van der Waals surface area (Å²) in [5.41, 5.74) is 0.424. The lowest BCUT2D eigenvalue weighted by atomic mass is 9.93. The lowest BCUT2D eigenvalue weighted by Crippen LogP contribution is -2.39. The molecule has 0 bridgehead atoms. The molecular weight excluding hydrogens is 350 g/mol. The highest BCUT2D eigenvalue weighted by molar-refractivity contribution is 7.89. The second-order valence-corrected chi connectivity index (χ2v) is 9.62. The van der Waals surface area contributed by atoms with Gasteiger partial charge in [0.2, 0.25) is 10.0 Å². The Morgan fingerprint density at radius 2 is 1.81 bits per heavy atom. The molecule has 6 nitrogen and oxygen atoms in total. The Labute approximate surface area is 155 Å². The summed E-state index contributed by atoms with van der Waals surface area (Å²) in [7, 11) is -3.55. The maximum atomic E-state index is 13.0. The van der Waals surface area contributed by atoms with Crippen LogP contribution in [0, 0.1) is 0 Å². The molecule has 2 heterocycles. The van der Waals surface area contributed by atoms with E-state index < -0.39 is 10.0 Å². The standard InChI is InChI=1S/C19H27N3O3S/c23-19(20-16-6-4-7-16)15-5-3-8-18(13-15)26(24,25)22-12-9-17(14-22)21-10-1-2-11-21/h3,5,8,13,16-17H,1-2,4,6-7,9-12,14H2,(H,20,23). The SMILES string of the molecule is O=C(NC1CCC1)c1cccc(S(=O)(=O)N2CCC(N3CCCC3)C2)c1. The van der Waals surface area contributed by atoms with Crippen LogP contribution in [0.3, 0.4) is 0 Å². The van der Waals surface area contributed by atoms with Crippen molar-refractivity contribution in [3.8, 4) is 0 Å². The zero-order chi connectivity index (χ0) is 18.1. The summed E-state index contributed by atoms with van der Waals surface area (Å²) in [4.78, 5) is 15.0. The molecule has 1 aromatic carbocycles. The summed E-state index contributed by atoms with van der Waals surface area (Å²) in [5.74, 6) is -0.178. The quantitative estimate of drug-likeness (QED) is 0.850. The number of carbonyl (C=O) groups is 1. The third-order valence-electron chi connectivity index (χ3n) is 5.96. The summed E-state index contributed by atoms with van der Waals surface area (Å²) in [6.45, 7) is 3.27. The Morgan fingerprint density at radius 3 is 2.50 bits per heavy atom. The van der Waals surface area contributed by atoms with Crippen LogP contribution < -0.4 is 5.32 Å². The molecule has 1 amide bonds. The van der Waals surface area contributed by atoms with Crippen LogP contribution in [-0.2, 0) is 10.0 Å². The Kier molecular flexibility index (Phi) is 5.03. The highest BCUT2D eigenvalue weighted by Gasteiger charge is 2.36. The molecule has 3 fully saturated rings. The fourth-order valence-corrected chi connectivity index (χ4v) is 5.64. The number of rotatable bonds is 5. The van der Waals surface area contributed by atoms with Gasteiger partial charge in [-0.15, -0.1) is 0 Å². The lowest BCUT2D eigenvalue weighted by molar-refractivity contribution is 0.0916. The van der Waals surface area contributed by atoms with Gasteiger partial charge in [-0.25, -0.2) is 8.42 Å². The Hall–Kier alpha value is -1.44. The number of hydrogen-bond acceptors (Lipinski definition) is 4. The molecule has 1 unspecified atom stereocenters. The van der Waals surface area contributed by atoms with Crippen LogP contribution in [0.2, 0.25) is 0 Å². The van der Waals surface area contributed by atoms with Gasteiger partial charge in [0.05, 0.1) is 4.90 Å². The van der Waals surface area contributed by atoms with Crippen molar-refractivity contribution in [2.45, 2.75) is 55.5 Å². The molecule has 1 atom stereocenters. The van der Waals surface area contributed by atoms with E-state index in [1.165, 1.54) is 18.9 Å². The van der Waals surface area contributed by atoms with Crippen LogP contribution >= 0.6 is 0 Å². The van der Waals surface area contributed by atoms with Gasteiger partial charge in [0.25, 0.3) is 5.91 Å². The summed E-state index contributed by atoms with van der Waals surface area (Å²) in [6.07, 6.45) is 6.47. The molecule has 1 aromatic rings. The van der Waals surface area contributed by atoms with Crippen molar-refractivity contribution in [3.05, 3.63) is 29.8 Å². The number of nitrogens with zero attached hydrogens (tertiary/aromatic N) is 2. The van der Waals surface area contributed by atoms with Crippen LogP contribution in [0.4, 0.5) is 0 Å². The molecule has 2 saturated heterocycles. The van der Waals surface area contributed by atoms with Crippen molar-refractivity contribution < 1.29 is 13.2 Å². The Bertz CT molecular complexity index is 770. The Morgan fingerprint density at radius 1 is 1.04 bits per heavy atom. The lowest BCUT2D eigenvalue weighted by Gasteiger charge is -2.26. The number of benzene rings is 1. The van der Waals surface area contributed by atoms with Gasteiger partial charge in [0.1, 0.15) is 0 Å². The van der Waals surface area contributed by atoms with Crippen molar-refractivity contribution >= 4 is 15.9 Å². The predicted molar refractivity (Wildman–Crippen MR) is 99.5 cm³/mol. The van der Waals surface area contributed by atoms with Gasteiger partial charge in [0, 0.05) is 30.7 Å². The van der Waals surface area contributed by atoms with Gasteiger partial charge in [0.15, 0.2) is 0 Å². The molecular formula is C19H27N3O3S. The van der Waals surface area contributed by atoms with E-state index in [1.54, 1.807) is 22.5 Å². The summed E-state index contributed by atoms with van der Waals surface area (Å²) in [5, 5.41) is 2.97. The van der Waals surface area contributed by atoms with E-state index in [0.29, 0.717) is 24.7 Å². The number of hydrogen-bond donors (Lipinski definition) is 1. The van der Waals surface area contributed by atoms with Crippen LogP contribution in [0.25, 0.3) is 0 Å². The van der Waals surface area contributed by atoms with Gasteiger partial charge in [-0.1, -0.05) is 6.07 Å². The minimum absolute atomic E-state index is 0.178. The molecule has 0 aromatic heterocycles. The van der Waals surface area contributed by atoms with E-state index in [1.807, 2.05) is 0 Å². The first-order valence-corrected chi connectivity index (χ1v) is 11.1. The molecule has 0 spiro atoms. The van der Waals surface area contributed by atoms with Gasteiger partial charge in [-0.2, -0.15) is 4.31 Å². The molecule has 142 valence electrons. The Balaban J connectivity index is 1.47. The largest absolute Gasteiger partial charge is 0.349 e. The van der Waals surface area contributed by atoms with Crippen LogP contribution in [-0.4, -0.2) is 61.8 Å². The van der Waals surface area contributed by atoms with E-state index in [2.05, 4.69) is 10.2 Å². The second-order valence-electron chi connectivity index (χ2n) is 7.68. The molecule has 0 radical (unpaired) electrons. The summed E-state index contributed by atoms with van der Waals surface area (Å²) >= 11 is 0. The minimum atomic E-state index is -3.55. The minimum Gasteiger partial charge on any atom is -0.349 e. The first kappa shape index (κ1) is 17.9.